The van der Waals surface area contributed by atoms with Crippen molar-refractivity contribution in [1.82, 2.24) is 0 Å². The molecule has 0 heterocycles. The highest BCUT2D eigenvalue weighted by molar-refractivity contribution is 5.94. The fourth-order valence-corrected chi connectivity index (χ4v) is 1.37. The van der Waals surface area contributed by atoms with E-state index in [4.69, 9.17) is 15.8 Å². The summed E-state index contributed by atoms with van der Waals surface area (Å²) < 4.78 is 54.4. The minimum Gasteiger partial charge on any atom is -0.365 e. The van der Waals surface area contributed by atoms with Gasteiger partial charge in [-0.3, -0.25) is 4.79 Å². The number of nitrogens with zero attached hydrogens (tertiary/aromatic N) is 3. The van der Waals surface area contributed by atoms with Crippen LogP contribution in [0.15, 0.2) is 11.3 Å². The van der Waals surface area contributed by atoms with Crippen LogP contribution in [0.25, 0.3) is 0 Å². The van der Waals surface area contributed by atoms with E-state index < -0.39 is 51.7 Å². The van der Waals surface area contributed by atoms with Crippen molar-refractivity contribution in [3.05, 3.63) is 40.1 Å². The Balaban J connectivity index is 3.64. The van der Waals surface area contributed by atoms with Crippen LogP contribution in [0.2, 0.25) is 0 Å². The Labute approximate surface area is 120 Å². The first-order valence-electron chi connectivity index (χ1n) is 5.17. The Morgan fingerprint density at radius 2 is 1.36 bits per heavy atom. The third-order valence-corrected chi connectivity index (χ3v) is 2.35. The molecule has 1 amide bonds. The fourth-order valence-electron chi connectivity index (χ4n) is 1.37. The average molecular weight is 309 g/mol. The van der Waals surface area contributed by atoms with Gasteiger partial charge < -0.3 is 11.1 Å². The third-order valence-electron chi connectivity index (χ3n) is 2.35. The van der Waals surface area contributed by atoms with Gasteiger partial charge in [-0.15, -0.1) is 0 Å². The molecule has 1 aromatic rings. The topological polar surface area (TPSA) is 126 Å². The van der Waals surface area contributed by atoms with Crippen LogP contribution in [0.5, 0.6) is 0 Å². The van der Waals surface area contributed by atoms with E-state index in [0.29, 0.717) is 0 Å². The molecule has 0 saturated carbocycles. The highest BCUT2D eigenvalue weighted by atomic mass is 19.2. The number of nitrogens with one attached hydrogen (secondary N) is 1. The number of allylic oxidation sites excluding steroid dienone is 2. The molecule has 1 rings (SSSR count). The molecule has 0 aliphatic heterocycles. The first-order chi connectivity index (χ1) is 10.3. The zero-order valence-corrected chi connectivity index (χ0v) is 10.3. The highest BCUT2D eigenvalue weighted by Crippen LogP contribution is 2.29. The van der Waals surface area contributed by atoms with Gasteiger partial charge in [-0.05, 0) is 0 Å². The molecule has 3 N–H and O–H groups in total. The molecule has 110 valence electrons. The first-order valence-corrected chi connectivity index (χ1v) is 5.17. The summed E-state index contributed by atoms with van der Waals surface area (Å²) >= 11 is 0. The lowest BCUT2D eigenvalue weighted by Gasteiger charge is -2.11. The maximum absolute atomic E-state index is 13.7. The zero-order chi connectivity index (χ0) is 17.0. The van der Waals surface area contributed by atoms with Crippen LogP contribution in [0.4, 0.5) is 23.2 Å². The Morgan fingerprint density at radius 1 is 0.909 bits per heavy atom. The lowest BCUT2D eigenvalue weighted by molar-refractivity contribution is 0.0990. The predicted molar refractivity (Wildman–Crippen MR) is 62.3 cm³/mol. The highest BCUT2D eigenvalue weighted by Gasteiger charge is 2.29. The number of benzene rings is 1. The molecule has 1 aromatic carbocycles. The van der Waals surface area contributed by atoms with Gasteiger partial charge in [-0.25, -0.2) is 17.6 Å². The van der Waals surface area contributed by atoms with E-state index >= 15 is 0 Å². The Hall–Kier alpha value is -3.58. The van der Waals surface area contributed by atoms with E-state index in [1.807, 2.05) is 0 Å². The molecule has 0 spiro atoms. The number of halogens is 4. The molecular formula is C12H3F4N5O. The SMILES string of the molecule is N#CC(C#N)=C(C#N)Nc1c(F)c(F)c(C(N)=O)c(F)c1F. The number of carbonyl (C=O) groups is 1. The van der Waals surface area contributed by atoms with Crippen molar-refractivity contribution in [2.24, 2.45) is 5.73 Å². The maximum Gasteiger partial charge on any atom is 0.254 e. The molecule has 22 heavy (non-hydrogen) atoms. The largest absolute Gasteiger partial charge is 0.365 e. The molecule has 10 heteroatoms. The van der Waals surface area contributed by atoms with Gasteiger partial charge in [0, 0.05) is 0 Å². The van der Waals surface area contributed by atoms with Crippen LogP contribution in [0.3, 0.4) is 0 Å². The summed E-state index contributed by atoms with van der Waals surface area (Å²) in [5, 5.41) is 27.4. The molecule has 0 radical (unpaired) electrons. The van der Waals surface area contributed by atoms with E-state index in [1.54, 1.807) is 5.32 Å². The van der Waals surface area contributed by atoms with E-state index in [9.17, 15) is 22.4 Å². The lowest BCUT2D eigenvalue weighted by atomic mass is 10.1. The van der Waals surface area contributed by atoms with Crippen LogP contribution in [0, 0.1) is 57.3 Å². The van der Waals surface area contributed by atoms with Gasteiger partial charge in [0.1, 0.15) is 35.2 Å². The van der Waals surface area contributed by atoms with Crippen LogP contribution < -0.4 is 11.1 Å². The lowest BCUT2D eigenvalue weighted by Crippen LogP contribution is -2.19. The van der Waals surface area contributed by atoms with Crippen molar-refractivity contribution in [3.63, 3.8) is 0 Å². The van der Waals surface area contributed by atoms with Crippen molar-refractivity contribution in [2.75, 3.05) is 5.32 Å². The number of hydrogen-bond donors (Lipinski definition) is 2. The van der Waals surface area contributed by atoms with Gasteiger partial charge in [0.15, 0.2) is 28.8 Å². The standard InChI is InChI=1S/C12H3F4N5O/c13-7-6(12(20)22)8(14)10(16)11(9(7)15)21-5(3-19)4(1-17)2-18/h21H,(H2,20,22). The van der Waals surface area contributed by atoms with Gasteiger partial charge >= 0.3 is 0 Å². The Kier molecular flexibility index (Phi) is 4.68. The van der Waals surface area contributed by atoms with Gasteiger partial charge in [0.05, 0.1) is 0 Å². The van der Waals surface area contributed by atoms with Crippen molar-refractivity contribution in [2.45, 2.75) is 0 Å². The van der Waals surface area contributed by atoms with Crippen LogP contribution in [-0.2, 0) is 0 Å². The number of hydrogen-bond acceptors (Lipinski definition) is 5. The number of nitriles is 3. The second kappa shape index (κ2) is 6.25. The van der Waals surface area contributed by atoms with Gasteiger partial charge in [-0.2, -0.15) is 15.8 Å². The minimum absolute atomic E-state index is 0.874. The van der Waals surface area contributed by atoms with Crippen molar-refractivity contribution in [3.8, 4) is 18.2 Å². The van der Waals surface area contributed by atoms with Gasteiger partial charge in [0.2, 0.25) is 0 Å². The molecule has 0 unspecified atom stereocenters. The molecule has 6 nitrogen and oxygen atoms in total. The smallest absolute Gasteiger partial charge is 0.254 e. The summed E-state index contributed by atoms with van der Waals surface area (Å²) in [5.74, 6) is -10.0. The van der Waals surface area contributed by atoms with Crippen LogP contribution in [-0.4, -0.2) is 5.91 Å². The number of primary amides is 1. The van der Waals surface area contributed by atoms with Gasteiger partial charge in [-0.1, -0.05) is 0 Å². The summed E-state index contributed by atoms with van der Waals surface area (Å²) in [6.07, 6.45) is 0. The summed E-state index contributed by atoms with van der Waals surface area (Å²) in [5.41, 5.74) is -0.331. The van der Waals surface area contributed by atoms with Crippen LogP contribution in [0.1, 0.15) is 10.4 Å². The minimum atomic E-state index is -2.08. The first kappa shape index (κ1) is 16.5. The number of carbonyl (C=O) groups excluding carboxylic acids is 1. The monoisotopic (exact) mass is 309 g/mol. The normalized spacial score (nSPS) is 9.14. The molecule has 0 bridgehead atoms. The number of nitrogens with two attached hydrogens (primary N) is 1. The van der Waals surface area contributed by atoms with E-state index in [0.717, 1.165) is 0 Å². The van der Waals surface area contributed by atoms with Crippen molar-refractivity contribution >= 4 is 11.6 Å². The maximum atomic E-state index is 13.7. The number of amides is 1. The fraction of sp³-hybridized carbons (Fsp3) is 0. The molecule has 0 atom stereocenters. The quantitative estimate of drug-likeness (QED) is 0.498. The predicted octanol–water partition coefficient (Wildman–Crippen LogP) is 1.58. The second-order valence-corrected chi connectivity index (χ2v) is 3.58. The van der Waals surface area contributed by atoms with E-state index in [1.165, 1.54) is 18.2 Å². The second-order valence-electron chi connectivity index (χ2n) is 3.58. The number of rotatable bonds is 3. The van der Waals surface area contributed by atoms with Crippen LogP contribution >= 0.6 is 0 Å². The average Bonchev–Trinajstić information content (AvgIpc) is 2.48. The zero-order valence-electron chi connectivity index (χ0n) is 10.3. The van der Waals surface area contributed by atoms with Gasteiger partial charge in [0.25, 0.3) is 5.91 Å². The molecular weight excluding hydrogens is 306 g/mol. The molecule has 0 aliphatic carbocycles. The van der Waals surface area contributed by atoms with Crippen molar-refractivity contribution in [1.29, 1.82) is 15.8 Å². The molecule has 0 aliphatic rings. The molecule has 0 aromatic heterocycles. The van der Waals surface area contributed by atoms with Crippen molar-refractivity contribution < 1.29 is 22.4 Å². The summed E-state index contributed by atoms with van der Waals surface area (Å²) in [6, 6.07) is 3.73. The summed E-state index contributed by atoms with van der Waals surface area (Å²) in [4.78, 5) is 10.8. The molecule has 0 fully saturated rings. The summed E-state index contributed by atoms with van der Waals surface area (Å²) in [6.45, 7) is 0. The van der Waals surface area contributed by atoms with E-state index in [2.05, 4.69) is 5.73 Å². The van der Waals surface area contributed by atoms with E-state index in [-0.39, 0.29) is 0 Å². The molecule has 0 saturated heterocycles. The Morgan fingerprint density at radius 3 is 1.68 bits per heavy atom. The number of anilines is 1. The Bertz CT molecular complexity index is 781. The third kappa shape index (κ3) is 2.65. The summed E-state index contributed by atoms with van der Waals surface area (Å²) in [7, 11) is 0.